The van der Waals surface area contributed by atoms with Crippen molar-refractivity contribution in [2.75, 3.05) is 0 Å². The summed E-state index contributed by atoms with van der Waals surface area (Å²) in [6.07, 6.45) is 18.2. The van der Waals surface area contributed by atoms with Crippen molar-refractivity contribution < 1.29 is 4.79 Å². The quantitative estimate of drug-likeness (QED) is 0.328. The molecule has 0 spiro atoms. The fourth-order valence-electron chi connectivity index (χ4n) is 2.41. The van der Waals surface area contributed by atoms with Crippen molar-refractivity contribution in [3.8, 4) is 0 Å². The summed E-state index contributed by atoms with van der Waals surface area (Å²) in [5.74, 6) is 0. The lowest BCUT2D eigenvalue weighted by molar-refractivity contribution is -0.109. The van der Waals surface area contributed by atoms with Gasteiger partial charge in [0, 0.05) is 6.04 Å². The first-order valence-electron chi connectivity index (χ1n) is 8.34. The monoisotopic (exact) mass is 268 g/mol. The first kappa shape index (κ1) is 18.5. The van der Waals surface area contributed by atoms with E-state index in [4.69, 9.17) is 0 Å². The highest BCUT2D eigenvalue weighted by Crippen LogP contribution is 2.12. The Kier molecular flexibility index (Phi) is 15.1. The smallest absolute Gasteiger partial charge is 0.207 e. The lowest BCUT2D eigenvalue weighted by Crippen LogP contribution is -2.24. The first-order chi connectivity index (χ1) is 9.31. The van der Waals surface area contributed by atoms with E-state index in [1.54, 1.807) is 0 Å². The Balaban J connectivity index is 3.00. The zero-order valence-electron chi connectivity index (χ0n) is 13.0. The molecular formula is C17H34NO. The fraction of sp³-hybridized carbons (Fsp3) is 0.882. The van der Waals surface area contributed by atoms with Crippen molar-refractivity contribution in [2.45, 2.75) is 96.4 Å². The van der Waals surface area contributed by atoms with Crippen LogP contribution in [0.15, 0.2) is 0 Å². The summed E-state index contributed by atoms with van der Waals surface area (Å²) in [5, 5.41) is 2.69. The van der Waals surface area contributed by atoms with E-state index in [2.05, 4.69) is 19.2 Å². The highest BCUT2D eigenvalue weighted by Gasteiger charge is 1.99. The van der Waals surface area contributed by atoms with Gasteiger partial charge in [0.25, 0.3) is 0 Å². The van der Waals surface area contributed by atoms with Crippen LogP contribution in [-0.4, -0.2) is 12.5 Å². The van der Waals surface area contributed by atoms with Gasteiger partial charge in [-0.1, -0.05) is 84.0 Å². The summed E-state index contributed by atoms with van der Waals surface area (Å²) in [5.41, 5.74) is 0. The highest BCUT2D eigenvalue weighted by molar-refractivity contribution is 5.46. The summed E-state index contributed by atoms with van der Waals surface area (Å²) < 4.78 is 0. The average molecular weight is 268 g/mol. The Bertz CT molecular complexity index is 182. The van der Waals surface area contributed by atoms with E-state index in [1.807, 2.05) is 0 Å². The molecule has 1 unspecified atom stereocenters. The number of nitrogens with one attached hydrogen (secondary N) is 1. The van der Waals surface area contributed by atoms with Crippen LogP contribution in [0, 0.1) is 6.92 Å². The SMILES string of the molecule is [CH2]C(CCCCCCCCCCCCCC)NC=O. The van der Waals surface area contributed by atoms with E-state index in [0.717, 1.165) is 12.8 Å². The number of hydrogen-bond donors (Lipinski definition) is 1. The number of carbonyl (C=O) groups is 1. The standard InChI is InChI=1S/C17H34NO/c1-3-4-5-6-7-8-9-10-11-12-13-14-15-17(2)18-16-19/h16-17H,2-15H2,1H3,(H,18,19). The minimum absolute atomic E-state index is 0.0978. The molecule has 2 nitrogen and oxygen atoms in total. The van der Waals surface area contributed by atoms with Crippen molar-refractivity contribution in [1.29, 1.82) is 0 Å². The molecule has 0 heterocycles. The Morgan fingerprint density at radius 1 is 0.842 bits per heavy atom. The molecule has 2 heteroatoms. The third-order valence-corrected chi connectivity index (χ3v) is 3.71. The topological polar surface area (TPSA) is 29.1 Å². The summed E-state index contributed by atoms with van der Waals surface area (Å²) in [6.45, 7) is 6.14. The van der Waals surface area contributed by atoms with Crippen LogP contribution >= 0.6 is 0 Å². The van der Waals surface area contributed by atoms with Gasteiger partial charge in [0.05, 0.1) is 0 Å². The van der Waals surface area contributed by atoms with Crippen LogP contribution in [0.25, 0.3) is 0 Å². The molecule has 0 aromatic rings. The maximum atomic E-state index is 10.2. The molecule has 113 valence electrons. The molecule has 0 aromatic heterocycles. The molecule has 0 saturated heterocycles. The molecule has 0 aliphatic carbocycles. The van der Waals surface area contributed by atoms with E-state index >= 15 is 0 Å². The predicted molar refractivity (Wildman–Crippen MR) is 84.0 cm³/mol. The average Bonchev–Trinajstić information content (AvgIpc) is 2.40. The predicted octanol–water partition coefficient (Wildman–Crippen LogP) is 5.03. The Hall–Kier alpha value is -0.530. The maximum absolute atomic E-state index is 10.2. The molecule has 0 saturated carbocycles. The Labute approximate surface area is 120 Å². The van der Waals surface area contributed by atoms with Crippen molar-refractivity contribution in [1.82, 2.24) is 5.32 Å². The molecule has 1 N–H and O–H groups in total. The summed E-state index contributed by atoms with van der Waals surface area (Å²) in [7, 11) is 0. The number of unbranched alkanes of at least 4 members (excludes halogenated alkanes) is 11. The second-order valence-corrected chi connectivity index (χ2v) is 5.66. The van der Waals surface area contributed by atoms with Gasteiger partial charge in [0.15, 0.2) is 0 Å². The van der Waals surface area contributed by atoms with Gasteiger partial charge >= 0.3 is 0 Å². The van der Waals surface area contributed by atoms with E-state index < -0.39 is 0 Å². The molecule has 1 atom stereocenters. The lowest BCUT2D eigenvalue weighted by Gasteiger charge is -2.09. The van der Waals surface area contributed by atoms with Gasteiger partial charge in [-0.25, -0.2) is 0 Å². The van der Waals surface area contributed by atoms with Crippen molar-refractivity contribution >= 4 is 6.41 Å². The number of carbonyl (C=O) groups excluding carboxylic acids is 1. The first-order valence-corrected chi connectivity index (χ1v) is 8.34. The fourth-order valence-corrected chi connectivity index (χ4v) is 2.41. The highest BCUT2D eigenvalue weighted by atomic mass is 16.1. The molecule has 0 aromatic carbocycles. The summed E-state index contributed by atoms with van der Waals surface area (Å²) >= 11 is 0. The number of amides is 1. The minimum Gasteiger partial charge on any atom is -0.356 e. The molecule has 19 heavy (non-hydrogen) atoms. The second-order valence-electron chi connectivity index (χ2n) is 5.66. The van der Waals surface area contributed by atoms with Gasteiger partial charge in [-0.05, 0) is 13.3 Å². The summed E-state index contributed by atoms with van der Waals surface area (Å²) in [4.78, 5) is 10.2. The Morgan fingerprint density at radius 3 is 1.68 bits per heavy atom. The minimum atomic E-state index is 0.0978. The van der Waals surface area contributed by atoms with E-state index in [1.165, 1.54) is 77.0 Å². The van der Waals surface area contributed by atoms with Crippen molar-refractivity contribution in [2.24, 2.45) is 0 Å². The van der Waals surface area contributed by atoms with Gasteiger partial charge in [-0.2, -0.15) is 0 Å². The van der Waals surface area contributed by atoms with Crippen LogP contribution in [0.1, 0.15) is 90.4 Å². The van der Waals surface area contributed by atoms with Gasteiger partial charge in [-0.3, -0.25) is 4.79 Å². The molecule has 0 aliphatic heterocycles. The van der Waals surface area contributed by atoms with Crippen LogP contribution in [-0.2, 0) is 4.79 Å². The maximum Gasteiger partial charge on any atom is 0.207 e. The molecule has 0 rings (SSSR count). The van der Waals surface area contributed by atoms with Crippen LogP contribution in [0.2, 0.25) is 0 Å². The van der Waals surface area contributed by atoms with Gasteiger partial charge in [0.1, 0.15) is 0 Å². The summed E-state index contributed by atoms with van der Waals surface area (Å²) in [6, 6.07) is 0.0978. The molecule has 0 fully saturated rings. The number of hydrogen-bond acceptors (Lipinski definition) is 1. The largest absolute Gasteiger partial charge is 0.356 e. The molecule has 0 aliphatic rings. The molecular weight excluding hydrogens is 234 g/mol. The zero-order valence-corrected chi connectivity index (χ0v) is 13.0. The van der Waals surface area contributed by atoms with E-state index in [9.17, 15) is 4.79 Å². The van der Waals surface area contributed by atoms with Gasteiger partial charge < -0.3 is 5.32 Å². The van der Waals surface area contributed by atoms with Crippen molar-refractivity contribution in [3.05, 3.63) is 6.92 Å². The van der Waals surface area contributed by atoms with Crippen molar-refractivity contribution in [3.63, 3.8) is 0 Å². The van der Waals surface area contributed by atoms with Crippen LogP contribution in [0.4, 0.5) is 0 Å². The van der Waals surface area contributed by atoms with Crippen LogP contribution < -0.4 is 5.32 Å². The zero-order chi connectivity index (χ0) is 14.2. The van der Waals surface area contributed by atoms with Crippen LogP contribution in [0.3, 0.4) is 0 Å². The number of rotatable bonds is 15. The lowest BCUT2D eigenvalue weighted by atomic mass is 10.0. The Morgan fingerprint density at radius 2 is 1.26 bits per heavy atom. The van der Waals surface area contributed by atoms with E-state index in [0.29, 0.717) is 0 Å². The normalized spacial score (nSPS) is 12.3. The van der Waals surface area contributed by atoms with Gasteiger partial charge in [-0.15, -0.1) is 0 Å². The van der Waals surface area contributed by atoms with Gasteiger partial charge in [0.2, 0.25) is 6.41 Å². The molecule has 0 bridgehead atoms. The molecule has 1 radical (unpaired) electrons. The second kappa shape index (κ2) is 15.5. The van der Waals surface area contributed by atoms with Crippen LogP contribution in [0.5, 0.6) is 0 Å². The third kappa shape index (κ3) is 15.4. The molecule has 1 amide bonds. The van der Waals surface area contributed by atoms with E-state index in [-0.39, 0.29) is 6.04 Å². The third-order valence-electron chi connectivity index (χ3n) is 3.71.